The number of alkyl carbamates (subject to hydrolysis) is 3. The molecule has 3 rings (SSSR count). The summed E-state index contributed by atoms with van der Waals surface area (Å²) in [6, 6.07) is 24.3. The number of rotatable bonds is 67. The molecule has 33 nitrogen and oxygen atoms in total. The Hall–Kier alpha value is -9.93. The summed E-state index contributed by atoms with van der Waals surface area (Å²) in [4.78, 5) is 207. The second-order valence-corrected chi connectivity index (χ2v) is 29.9. The van der Waals surface area contributed by atoms with E-state index in [9.17, 15) is 71.9 Å². The standard InChI is InChI=1S/C85H128N10O23/c1-59(2)47-71(93-80(105)65(50-62-21-11-8-12-22-62)53-68(96)56-90-83(108)115-44-41-112-37-17-33-86)74(99)27-30-77(102)87-34-18-38-113-42-45-116-84(109)91-57-69(97)54-66(51-63-23-13-9-14-24-63)81(106)94-72(48-60(3)4)75(100)28-31-78(103)88-35-19-39-114-43-46-117-85(110)92-58-70(98)55-67(52-64-25-15-10-16-26-64)82(107)95-73(49-61(5)6)76(101)29-32-79(104)89-36-20-40-118-111-7/h8-16,21-26,59-61,65-67,71-73H,17-20,27-58,86H2,1-7H3,(H,87,102)(H,88,103)(H,89,104)(H,90,108)(H,91,109)(H,92,110)(H,93,105)(H,94,106)(H,95,107). The molecule has 0 saturated heterocycles. The maximum absolute atomic E-state index is 14.0. The summed E-state index contributed by atoms with van der Waals surface area (Å²) in [5.41, 5.74) is 7.77. The zero-order valence-corrected chi connectivity index (χ0v) is 69.8. The first-order valence-electron chi connectivity index (χ1n) is 40.9. The van der Waals surface area contributed by atoms with Crippen LogP contribution in [0.5, 0.6) is 0 Å². The van der Waals surface area contributed by atoms with Crippen LogP contribution in [0.15, 0.2) is 91.0 Å². The van der Waals surface area contributed by atoms with E-state index >= 15 is 0 Å². The van der Waals surface area contributed by atoms with E-state index in [2.05, 4.69) is 52.7 Å². The molecule has 33 heteroatoms. The third-order valence-electron chi connectivity index (χ3n) is 18.1. The maximum atomic E-state index is 14.0. The van der Waals surface area contributed by atoms with E-state index in [4.69, 9.17) is 39.0 Å². The summed E-state index contributed by atoms with van der Waals surface area (Å²) < 4.78 is 31.8. The molecule has 11 N–H and O–H groups in total. The molecule has 0 spiro atoms. The zero-order chi connectivity index (χ0) is 86.7. The Morgan fingerprint density at radius 2 is 0.619 bits per heavy atom. The fraction of sp³-hybridized carbons (Fsp3) is 0.612. The Labute approximate surface area is 693 Å². The average molecular weight is 1660 g/mol. The van der Waals surface area contributed by atoms with Gasteiger partial charge in [-0.3, -0.25) is 57.5 Å². The number of amides is 9. The van der Waals surface area contributed by atoms with Gasteiger partial charge in [0.25, 0.3) is 0 Å². The minimum atomic E-state index is -0.970. The van der Waals surface area contributed by atoms with Gasteiger partial charge in [-0.2, -0.15) is 0 Å². The van der Waals surface area contributed by atoms with E-state index in [1.807, 2.05) is 77.9 Å². The van der Waals surface area contributed by atoms with Crippen LogP contribution in [0, 0.1) is 35.5 Å². The van der Waals surface area contributed by atoms with Gasteiger partial charge in [-0.1, -0.05) is 133 Å². The summed E-state index contributed by atoms with van der Waals surface area (Å²) in [7, 11) is 1.38. The molecule has 0 aromatic heterocycles. The van der Waals surface area contributed by atoms with Crippen molar-refractivity contribution < 1.29 is 110 Å². The monoisotopic (exact) mass is 1660 g/mol. The smallest absolute Gasteiger partial charge is 0.407 e. The lowest BCUT2D eigenvalue weighted by molar-refractivity contribution is -0.272. The van der Waals surface area contributed by atoms with Crippen molar-refractivity contribution in [1.29, 1.82) is 0 Å². The fourth-order valence-corrected chi connectivity index (χ4v) is 12.1. The van der Waals surface area contributed by atoms with Crippen molar-refractivity contribution >= 4 is 88.4 Å². The first-order chi connectivity index (χ1) is 56.6. The van der Waals surface area contributed by atoms with Crippen molar-refractivity contribution in [2.45, 2.75) is 182 Å². The van der Waals surface area contributed by atoms with Gasteiger partial charge in [0.2, 0.25) is 35.4 Å². The van der Waals surface area contributed by atoms with Crippen LogP contribution in [0.25, 0.3) is 0 Å². The minimum absolute atomic E-state index is 0.00545. The van der Waals surface area contributed by atoms with Gasteiger partial charge in [0.1, 0.15) is 19.8 Å². The van der Waals surface area contributed by atoms with Gasteiger partial charge in [-0.25, -0.2) is 24.2 Å². The second kappa shape index (κ2) is 62.3. The Balaban J connectivity index is 1.36. The lowest BCUT2D eigenvalue weighted by Gasteiger charge is -2.23. The van der Waals surface area contributed by atoms with Gasteiger partial charge in [0, 0.05) is 115 Å². The van der Waals surface area contributed by atoms with Crippen molar-refractivity contribution in [3.8, 4) is 0 Å². The molecule has 0 aliphatic rings. The van der Waals surface area contributed by atoms with Gasteiger partial charge >= 0.3 is 18.3 Å². The van der Waals surface area contributed by atoms with E-state index in [1.165, 1.54) is 7.11 Å². The Bertz CT molecular complexity index is 3520. The van der Waals surface area contributed by atoms with Gasteiger partial charge in [0.05, 0.1) is 71.3 Å². The summed E-state index contributed by atoms with van der Waals surface area (Å²) >= 11 is 0. The molecule has 3 aromatic carbocycles. The van der Waals surface area contributed by atoms with Crippen LogP contribution in [-0.2, 0) is 115 Å². The summed E-state index contributed by atoms with van der Waals surface area (Å²) in [6.45, 7) is 12.1. The highest BCUT2D eigenvalue weighted by Crippen LogP contribution is 2.21. The van der Waals surface area contributed by atoms with Gasteiger partial charge in [-0.05, 0) is 105 Å². The van der Waals surface area contributed by atoms with Gasteiger partial charge < -0.3 is 82.0 Å². The number of carbonyl (C=O) groups excluding carboxylic acids is 15. The number of ketones is 6. The van der Waals surface area contributed by atoms with Crippen molar-refractivity contribution in [3.63, 3.8) is 0 Å². The summed E-state index contributed by atoms with van der Waals surface area (Å²) in [6.07, 6.45) is -0.943. The number of ether oxygens (including phenoxy) is 6. The molecule has 118 heavy (non-hydrogen) atoms. The molecule has 0 saturated carbocycles. The molecule has 0 bridgehead atoms. The largest absolute Gasteiger partial charge is 0.447 e. The van der Waals surface area contributed by atoms with E-state index < -0.39 is 114 Å². The summed E-state index contributed by atoms with van der Waals surface area (Å²) in [5, 5.41) is 23.9. The molecule has 0 aliphatic heterocycles. The number of benzene rings is 3. The lowest BCUT2D eigenvalue weighted by Crippen LogP contribution is -2.46. The van der Waals surface area contributed by atoms with E-state index in [-0.39, 0.29) is 210 Å². The molecule has 0 fully saturated rings. The highest BCUT2D eigenvalue weighted by atomic mass is 17.2. The van der Waals surface area contributed by atoms with Crippen LogP contribution >= 0.6 is 0 Å². The number of hydrogen-bond donors (Lipinski definition) is 10. The molecule has 0 aliphatic carbocycles. The number of nitrogens with one attached hydrogen (secondary N) is 9. The number of carbonyl (C=O) groups is 15. The molecule has 6 unspecified atom stereocenters. The Morgan fingerprint density at radius 1 is 0.339 bits per heavy atom. The summed E-state index contributed by atoms with van der Waals surface area (Å²) in [5.74, 6) is -7.88. The topological polar surface area (TPSA) is 464 Å². The Kier molecular flexibility index (Phi) is 54.0. The third-order valence-corrected chi connectivity index (χ3v) is 18.1. The van der Waals surface area contributed by atoms with Crippen LogP contribution in [0.2, 0.25) is 0 Å². The maximum Gasteiger partial charge on any atom is 0.407 e. The molecule has 656 valence electrons. The molecular formula is C85H128N10O23. The van der Waals surface area contributed by atoms with Crippen LogP contribution in [0.3, 0.4) is 0 Å². The van der Waals surface area contributed by atoms with Crippen LogP contribution in [-0.4, -0.2) is 226 Å². The van der Waals surface area contributed by atoms with Crippen molar-refractivity contribution in [1.82, 2.24) is 47.9 Å². The highest BCUT2D eigenvalue weighted by molar-refractivity contribution is 5.97. The molecule has 0 radical (unpaired) electrons. The molecule has 3 aromatic rings. The van der Waals surface area contributed by atoms with E-state index in [0.717, 1.165) is 16.7 Å². The number of hydrogen-bond acceptors (Lipinski definition) is 24. The molecule has 0 heterocycles. The molecular weight excluding hydrogens is 1530 g/mol. The minimum Gasteiger partial charge on any atom is -0.447 e. The predicted molar refractivity (Wildman–Crippen MR) is 437 cm³/mol. The predicted octanol–water partition coefficient (Wildman–Crippen LogP) is 5.76. The van der Waals surface area contributed by atoms with Crippen LogP contribution in [0.1, 0.15) is 161 Å². The first-order valence-corrected chi connectivity index (χ1v) is 40.9. The second-order valence-electron chi connectivity index (χ2n) is 29.9. The van der Waals surface area contributed by atoms with E-state index in [1.54, 1.807) is 54.6 Å². The van der Waals surface area contributed by atoms with Crippen molar-refractivity contribution in [3.05, 3.63) is 108 Å². The third kappa shape index (κ3) is 50.0. The number of nitrogens with two attached hydrogens (primary N) is 1. The normalized spacial score (nSPS) is 12.6. The van der Waals surface area contributed by atoms with Crippen LogP contribution in [0.4, 0.5) is 14.4 Å². The van der Waals surface area contributed by atoms with Crippen LogP contribution < -0.4 is 53.6 Å². The van der Waals surface area contributed by atoms with Gasteiger partial charge in [-0.15, -0.1) is 0 Å². The molecule has 9 amide bonds. The number of Topliss-reactive ketones (excluding diaryl/α,β-unsaturated/α-hetero) is 6. The van der Waals surface area contributed by atoms with Crippen molar-refractivity contribution in [2.75, 3.05) is 119 Å². The van der Waals surface area contributed by atoms with E-state index in [0.29, 0.717) is 51.8 Å². The first kappa shape index (κ1) is 102. The lowest BCUT2D eigenvalue weighted by atomic mass is 9.91. The SMILES string of the molecule is COOCCCNC(=O)CCC(=O)C(CC(C)C)NC(=O)C(CC(=O)CNC(=O)OCCOCCCNC(=O)CCC(=O)C(CC(C)C)NC(=O)C(CC(=O)CNC(=O)OCCOCCCNC(=O)CCC(=O)C(CC(C)C)NC(=O)C(CC(=O)CNC(=O)OCCOCCCN)Cc1ccccc1)Cc1ccccc1)Cc1ccccc1. The zero-order valence-electron chi connectivity index (χ0n) is 69.8. The average Bonchev–Trinajstić information content (AvgIpc) is 0.874. The fourth-order valence-electron chi connectivity index (χ4n) is 12.1. The van der Waals surface area contributed by atoms with Crippen molar-refractivity contribution in [2.24, 2.45) is 41.2 Å². The quantitative estimate of drug-likeness (QED) is 0.0139. The molecule has 6 atom stereocenters. The highest BCUT2D eigenvalue weighted by Gasteiger charge is 2.33. The Morgan fingerprint density at radius 3 is 0.890 bits per heavy atom. The van der Waals surface area contributed by atoms with Gasteiger partial charge in [0.15, 0.2) is 34.7 Å².